The Bertz CT molecular complexity index is 638. The van der Waals surface area contributed by atoms with Crippen molar-refractivity contribution in [2.24, 2.45) is 0 Å². The fourth-order valence-corrected chi connectivity index (χ4v) is 2.24. The SMILES string of the molecule is C=C/C=C\C=C(/C)CC[C@@H](O)[C@@H](O)/C=C/C=C/C=C\C=C\[C@@H](O)CCCC(=O)O. The molecule has 0 heterocycles. The number of aliphatic carboxylic acids is 1. The highest BCUT2D eigenvalue weighted by Crippen LogP contribution is 2.10. The molecule has 0 saturated heterocycles. The number of allylic oxidation sites excluding steroid dienone is 11. The van der Waals surface area contributed by atoms with Crippen molar-refractivity contribution < 1.29 is 25.2 Å². The average Bonchev–Trinajstić information content (AvgIpc) is 2.67. The molecule has 0 aliphatic carbocycles. The zero-order valence-corrected chi connectivity index (χ0v) is 17.1. The van der Waals surface area contributed by atoms with Crippen molar-refractivity contribution in [3.8, 4) is 0 Å². The maximum Gasteiger partial charge on any atom is 0.303 e. The van der Waals surface area contributed by atoms with E-state index in [1.165, 1.54) is 6.08 Å². The van der Waals surface area contributed by atoms with E-state index in [0.29, 0.717) is 25.7 Å². The quantitative estimate of drug-likeness (QED) is 0.310. The van der Waals surface area contributed by atoms with Crippen LogP contribution in [0.2, 0.25) is 0 Å². The fourth-order valence-electron chi connectivity index (χ4n) is 2.24. The van der Waals surface area contributed by atoms with Gasteiger partial charge < -0.3 is 20.4 Å². The fraction of sp³-hybridized carbons (Fsp3) is 0.375. The van der Waals surface area contributed by atoms with Crippen molar-refractivity contribution in [3.63, 3.8) is 0 Å². The molecule has 0 spiro atoms. The molecule has 0 amide bonds. The van der Waals surface area contributed by atoms with Crippen molar-refractivity contribution in [3.05, 3.63) is 85.1 Å². The Morgan fingerprint density at radius 2 is 1.48 bits per heavy atom. The number of carboxylic acid groups (broad SMARTS) is 1. The minimum Gasteiger partial charge on any atom is -0.481 e. The van der Waals surface area contributed by atoms with Gasteiger partial charge in [0.25, 0.3) is 0 Å². The zero-order chi connectivity index (χ0) is 21.9. The lowest BCUT2D eigenvalue weighted by Gasteiger charge is -2.14. The molecule has 0 saturated carbocycles. The van der Waals surface area contributed by atoms with Crippen LogP contribution in [-0.2, 0) is 4.79 Å². The third-order valence-corrected chi connectivity index (χ3v) is 3.94. The molecule has 5 heteroatoms. The molecule has 5 nitrogen and oxygen atoms in total. The maximum absolute atomic E-state index is 10.4. The van der Waals surface area contributed by atoms with Gasteiger partial charge in [-0.1, -0.05) is 85.1 Å². The highest BCUT2D eigenvalue weighted by molar-refractivity contribution is 5.66. The van der Waals surface area contributed by atoms with Crippen LogP contribution < -0.4 is 0 Å². The summed E-state index contributed by atoms with van der Waals surface area (Å²) in [6.45, 7) is 5.57. The maximum atomic E-state index is 10.4. The summed E-state index contributed by atoms with van der Waals surface area (Å²) in [5.74, 6) is -0.861. The van der Waals surface area contributed by atoms with E-state index in [2.05, 4.69) is 6.58 Å². The van der Waals surface area contributed by atoms with Gasteiger partial charge in [0, 0.05) is 6.42 Å². The van der Waals surface area contributed by atoms with Crippen LogP contribution in [0.3, 0.4) is 0 Å². The van der Waals surface area contributed by atoms with Gasteiger partial charge in [-0.05, 0) is 32.6 Å². The molecule has 0 radical (unpaired) electrons. The van der Waals surface area contributed by atoms with E-state index in [1.54, 1.807) is 48.6 Å². The van der Waals surface area contributed by atoms with Gasteiger partial charge in [0.1, 0.15) is 0 Å². The average molecular weight is 403 g/mol. The van der Waals surface area contributed by atoms with E-state index in [9.17, 15) is 20.1 Å². The van der Waals surface area contributed by atoms with Gasteiger partial charge in [0.15, 0.2) is 0 Å². The van der Waals surface area contributed by atoms with Crippen LogP contribution in [0, 0.1) is 0 Å². The summed E-state index contributed by atoms with van der Waals surface area (Å²) in [4.78, 5) is 10.4. The number of carboxylic acids is 1. The first-order chi connectivity index (χ1) is 13.9. The Morgan fingerprint density at radius 1 is 0.862 bits per heavy atom. The number of aliphatic hydroxyl groups is 3. The molecule has 29 heavy (non-hydrogen) atoms. The monoisotopic (exact) mass is 402 g/mol. The van der Waals surface area contributed by atoms with Gasteiger partial charge in [0.2, 0.25) is 0 Å². The van der Waals surface area contributed by atoms with Crippen molar-refractivity contribution >= 4 is 5.97 Å². The van der Waals surface area contributed by atoms with Crippen molar-refractivity contribution in [1.29, 1.82) is 0 Å². The minimum atomic E-state index is -0.930. The lowest BCUT2D eigenvalue weighted by Crippen LogP contribution is -2.23. The molecule has 0 aromatic rings. The van der Waals surface area contributed by atoms with E-state index in [1.807, 2.05) is 25.2 Å². The third-order valence-electron chi connectivity index (χ3n) is 3.94. The van der Waals surface area contributed by atoms with Crippen LogP contribution >= 0.6 is 0 Å². The molecular weight excluding hydrogens is 368 g/mol. The highest BCUT2D eigenvalue weighted by Gasteiger charge is 2.12. The van der Waals surface area contributed by atoms with Crippen LogP contribution in [-0.4, -0.2) is 44.7 Å². The van der Waals surface area contributed by atoms with Gasteiger partial charge in [-0.2, -0.15) is 0 Å². The first-order valence-corrected chi connectivity index (χ1v) is 9.76. The summed E-state index contributed by atoms with van der Waals surface area (Å²) in [7, 11) is 0. The van der Waals surface area contributed by atoms with Crippen LogP contribution in [0.1, 0.15) is 39.0 Å². The molecule has 0 aromatic carbocycles. The van der Waals surface area contributed by atoms with Gasteiger partial charge in [-0.3, -0.25) is 4.79 Å². The van der Waals surface area contributed by atoms with Gasteiger partial charge in [0.05, 0.1) is 18.3 Å². The summed E-state index contributed by atoms with van der Waals surface area (Å²) >= 11 is 0. The van der Waals surface area contributed by atoms with Crippen LogP contribution in [0.25, 0.3) is 0 Å². The molecule has 160 valence electrons. The summed E-state index contributed by atoms with van der Waals surface area (Å²) in [6, 6.07) is 0. The normalized spacial score (nSPS) is 16.5. The molecular formula is C24H34O5. The number of rotatable bonds is 15. The Labute approximate surface area is 174 Å². The Hall–Kier alpha value is -2.47. The zero-order valence-electron chi connectivity index (χ0n) is 17.1. The number of aliphatic hydroxyl groups excluding tert-OH is 3. The summed E-state index contributed by atoms with van der Waals surface area (Å²) < 4.78 is 0. The molecule has 4 N–H and O–H groups in total. The van der Waals surface area contributed by atoms with Crippen LogP contribution in [0.15, 0.2) is 85.1 Å². The second-order valence-electron chi connectivity index (χ2n) is 6.62. The first-order valence-electron chi connectivity index (χ1n) is 9.76. The lowest BCUT2D eigenvalue weighted by atomic mass is 10.0. The first kappa shape index (κ1) is 26.5. The Kier molecular flexibility index (Phi) is 16.1. The summed E-state index contributed by atoms with van der Waals surface area (Å²) in [6.07, 6.45) is 20.5. The Balaban J connectivity index is 4.14. The smallest absolute Gasteiger partial charge is 0.303 e. The van der Waals surface area contributed by atoms with Gasteiger partial charge in [-0.25, -0.2) is 0 Å². The Morgan fingerprint density at radius 3 is 2.10 bits per heavy atom. The topological polar surface area (TPSA) is 98.0 Å². The molecule has 0 aliphatic rings. The second-order valence-corrected chi connectivity index (χ2v) is 6.62. The predicted octanol–water partition coefficient (Wildman–Crippen LogP) is 4.02. The standard InChI is InChI=1S/C24H34O5/c1-3-4-9-13-20(2)18-19-23(27)22(26)16-11-8-6-5-7-10-14-21(25)15-12-17-24(28)29/h3-11,13-14,16,21-23,25-27H,1,12,15,17-19H2,2H3,(H,28,29)/b7-5-,8-6+,9-4-,14-10+,16-11+,20-13+/t21-,22+,23-/m1/s1. The number of hydrogen-bond acceptors (Lipinski definition) is 4. The molecule has 0 fully saturated rings. The van der Waals surface area contributed by atoms with E-state index >= 15 is 0 Å². The van der Waals surface area contributed by atoms with E-state index < -0.39 is 24.3 Å². The predicted molar refractivity (Wildman–Crippen MR) is 118 cm³/mol. The molecule has 0 aliphatic heterocycles. The summed E-state index contributed by atoms with van der Waals surface area (Å²) in [5.41, 5.74) is 1.11. The lowest BCUT2D eigenvalue weighted by molar-refractivity contribution is -0.137. The molecule has 0 aromatic heterocycles. The molecule has 0 bridgehead atoms. The van der Waals surface area contributed by atoms with E-state index in [4.69, 9.17) is 5.11 Å². The van der Waals surface area contributed by atoms with Crippen molar-refractivity contribution in [1.82, 2.24) is 0 Å². The second kappa shape index (κ2) is 17.6. The highest BCUT2D eigenvalue weighted by atomic mass is 16.4. The largest absolute Gasteiger partial charge is 0.481 e. The third kappa shape index (κ3) is 17.4. The van der Waals surface area contributed by atoms with Gasteiger partial charge in [-0.15, -0.1) is 0 Å². The molecule has 3 atom stereocenters. The van der Waals surface area contributed by atoms with Crippen molar-refractivity contribution in [2.75, 3.05) is 0 Å². The van der Waals surface area contributed by atoms with Crippen LogP contribution in [0.5, 0.6) is 0 Å². The van der Waals surface area contributed by atoms with Crippen molar-refractivity contribution in [2.45, 2.75) is 57.3 Å². The summed E-state index contributed by atoms with van der Waals surface area (Å²) in [5, 5.41) is 38.1. The van der Waals surface area contributed by atoms with E-state index in [0.717, 1.165) is 5.57 Å². The van der Waals surface area contributed by atoms with Gasteiger partial charge >= 0.3 is 5.97 Å². The number of carbonyl (C=O) groups is 1. The van der Waals surface area contributed by atoms with E-state index in [-0.39, 0.29) is 6.42 Å². The minimum absolute atomic E-state index is 0.0553. The molecule has 0 rings (SSSR count). The number of hydrogen-bond donors (Lipinski definition) is 4. The molecule has 0 unspecified atom stereocenters. The van der Waals surface area contributed by atoms with Crippen LogP contribution in [0.4, 0.5) is 0 Å².